The van der Waals surface area contributed by atoms with Crippen molar-refractivity contribution in [3.63, 3.8) is 0 Å². The molecule has 0 saturated carbocycles. The molecule has 0 spiro atoms. The summed E-state index contributed by atoms with van der Waals surface area (Å²) >= 11 is 0. The second-order valence-corrected chi connectivity index (χ2v) is 4.68. The Kier molecular flexibility index (Phi) is 4.69. The Hall–Kier alpha value is -1.94. The highest BCUT2D eigenvalue weighted by molar-refractivity contribution is 5.46. The average Bonchev–Trinajstić information content (AvgIpc) is 2.44. The first-order valence-corrected chi connectivity index (χ1v) is 6.61. The van der Waals surface area contributed by atoms with Gasteiger partial charge in [0.2, 0.25) is 0 Å². The van der Waals surface area contributed by atoms with Gasteiger partial charge in [-0.1, -0.05) is 18.2 Å². The summed E-state index contributed by atoms with van der Waals surface area (Å²) in [6.45, 7) is 3.18. The van der Waals surface area contributed by atoms with Crippen LogP contribution in [0.3, 0.4) is 0 Å². The van der Waals surface area contributed by atoms with Gasteiger partial charge in [-0.25, -0.2) is 8.78 Å². The highest BCUT2D eigenvalue weighted by Gasteiger charge is 2.12. The number of anilines is 1. The van der Waals surface area contributed by atoms with Crippen LogP contribution in [0.25, 0.3) is 0 Å². The summed E-state index contributed by atoms with van der Waals surface area (Å²) in [4.78, 5) is 1.97. The monoisotopic (exact) mass is 276 g/mol. The molecule has 0 aliphatic carbocycles. The van der Waals surface area contributed by atoms with Crippen LogP contribution in [-0.2, 0) is 0 Å². The minimum atomic E-state index is -0.325. The molecule has 0 bridgehead atoms. The van der Waals surface area contributed by atoms with E-state index in [-0.39, 0.29) is 17.7 Å². The smallest absolute Gasteiger partial charge is 0.125 e. The van der Waals surface area contributed by atoms with Gasteiger partial charge in [-0.15, -0.1) is 0 Å². The van der Waals surface area contributed by atoms with E-state index >= 15 is 0 Å². The fourth-order valence-corrected chi connectivity index (χ4v) is 2.17. The lowest BCUT2D eigenvalue weighted by Gasteiger charge is -2.26. The third-order valence-electron chi connectivity index (χ3n) is 3.25. The van der Waals surface area contributed by atoms with Crippen LogP contribution in [0.15, 0.2) is 48.5 Å². The number of nitrogens with zero attached hydrogens (tertiary/aromatic N) is 1. The zero-order valence-corrected chi connectivity index (χ0v) is 11.4. The van der Waals surface area contributed by atoms with E-state index in [1.165, 1.54) is 24.3 Å². The summed E-state index contributed by atoms with van der Waals surface area (Å²) in [5.41, 5.74) is 7.63. The van der Waals surface area contributed by atoms with Gasteiger partial charge < -0.3 is 10.6 Å². The largest absolute Gasteiger partial charge is 0.370 e. The van der Waals surface area contributed by atoms with E-state index in [9.17, 15) is 8.78 Å². The summed E-state index contributed by atoms with van der Waals surface area (Å²) in [5.74, 6) is -0.577. The van der Waals surface area contributed by atoms with Gasteiger partial charge in [0.05, 0.1) is 0 Å². The molecule has 1 unspecified atom stereocenters. The number of nitrogens with two attached hydrogens (primary N) is 1. The lowest BCUT2D eigenvalue weighted by molar-refractivity contribution is 0.613. The van der Waals surface area contributed by atoms with Gasteiger partial charge in [0.25, 0.3) is 0 Å². The van der Waals surface area contributed by atoms with Gasteiger partial charge in [-0.2, -0.15) is 0 Å². The minimum absolute atomic E-state index is 0.278. The third-order valence-corrected chi connectivity index (χ3v) is 3.25. The molecular weight excluding hydrogens is 258 g/mol. The van der Waals surface area contributed by atoms with Crippen molar-refractivity contribution < 1.29 is 8.78 Å². The molecule has 0 aromatic heterocycles. The number of hydrogen-bond donors (Lipinski definition) is 1. The molecule has 2 N–H and O–H groups in total. The normalized spacial score (nSPS) is 12.2. The van der Waals surface area contributed by atoms with Gasteiger partial charge in [-0.3, -0.25) is 0 Å². The third kappa shape index (κ3) is 3.54. The SMILES string of the molecule is CCN(CC(N)c1cccc(F)c1)c1cccc(F)c1. The van der Waals surface area contributed by atoms with E-state index in [1.54, 1.807) is 18.2 Å². The van der Waals surface area contributed by atoms with Crippen molar-refractivity contribution >= 4 is 5.69 Å². The van der Waals surface area contributed by atoms with Gasteiger partial charge in [0.15, 0.2) is 0 Å². The van der Waals surface area contributed by atoms with Crippen LogP contribution in [0, 0.1) is 11.6 Å². The van der Waals surface area contributed by atoms with E-state index in [0.29, 0.717) is 13.1 Å². The number of benzene rings is 2. The summed E-state index contributed by atoms with van der Waals surface area (Å²) in [6, 6.07) is 12.3. The lowest BCUT2D eigenvalue weighted by atomic mass is 10.1. The fraction of sp³-hybridized carbons (Fsp3) is 0.250. The summed E-state index contributed by atoms with van der Waals surface area (Å²) in [6.07, 6.45) is 0. The molecule has 0 saturated heterocycles. The van der Waals surface area contributed by atoms with Crippen LogP contribution in [0.4, 0.5) is 14.5 Å². The zero-order chi connectivity index (χ0) is 14.5. The topological polar surface area (TPSA) is 29.3 Å². The zero-order valence-electron chi connectivity index (χ0n) is 11.4. The van der Waals surface area contributed by atoms with Crippen molar-refractivity contribution in [1.29, 1.82) is 0 Å². The summed E-state index contributed by atoms with van der Waals surface area (Å²) < 4.78 is 26.5. The van der Waals surface area contributed by atoms with Crippen molar-refractivity contribution in [3.8, 4) is 0 Å². The summed E-state index contributed by atoms with van der Waals surface area (Å²) in [7, 11) is 0. The second-order valence-electron chi connectivity index (χ2n) is 4.68. The number of hydrogen-bond acceptors (Lipinski definition) is 2. The molecule has 1 atom stereocenters. The highest BCUT2D eigenvalue weighted by Crippen LogP contribution is 2.19. The molecule has 2 rings (SSSR count). The van der Waals surface area contributed by atoms with Crippen LogP contribution in [-0.4, -0.2) is 13.1 Å². The Bertz CT molecular complexity index is 572. The van der Waals surface area contributed by atoms with Crippen molar-refractivity contribution in [1.82, 2.24) is 0 Å². The Labute approximate surface area is 117 Å². The molecule has 20 heavy (non-hydrogen) atoms. The maximum Gasteiger partial charge on any atom is 0.125 e. The molecule has 0 radical (unpaired) electrons. The molecular formula is C16H18F2N2. The highest BCUT2D eigenvalue weighted by atomic mass is 19.1. The maximum absolute atomic E-state index is 13.3. The lowest BCUT2D eigenvalue weighted by Crippen LogP contribution is -2.32. The molecule has 2 aromatic rings. The van der Waals surface area contributed by atoms with Crippen molar-refractivity contribution in [2.24, 2.45) is 5.73 Å². The van der Waals surface area contributed by atoms with Gasteiger partial charge in [0, 0.05) is 24.8 Å². The molecule has 0 fully saturated rings. The molecule has 4 heteroatoms. The predicted molar refractivity (Wildman–Crippen MR) is 77.6 cm³/mol. The molecule has 0 amide bonds. The Balaban J connectivity index is 2.14. The summed E-state index contributed by atoms with van der Waals surface area (Å²) in [5, 5.41) is 0. The standard InChI is InChI=1S/C16H18F2N2/c1-2-20(15-8-4-7-14(18)10-15)11-16(19)12-5-3-6-13(17)9-12/h3-10,16H,2,11,19H2,1H3. The van der Waals surface area contributed by atoms with Crippen LogP contribution >= 0.6 is 0 Å². The van der Waals surface area contributed by atoms with Gasteiger partial charge >= 0.3 is 0 Å². The van der Waals surface area contributed by atoms with Crippen molar-refractivity contribution in [2.75, 3.05) is 18.0 Å². The van der Waals surface area contributed by atoms with E-state index in [1.807, 2.05) is 17.9 Å². The van der Waals surface area contributed by atoms with Crippen LogP contribution in [0.5, 0.6) is 0 Å². The molecule has 2 nitrogen and oxygen atoms in total. The first-order chi connectivity index (χ1) is 9.60. The van der Waals surface area contributed by atoms with E-state index < -0.39 is 0 Å². The second kappa shape index (κ2) is 6.48. The molecule has 0 heterocycles. The number of rotatable bonds is 5. The molecule has 0 aliphatic rings. The van der Waals surface area contributed by atoms with Crippen molar-refractivity contribution in [3.05, 3.63) is 65.7 Å². The van der Waals surface area contributed by atoms with Crippen LogP contribution < -0.4 is 10.6 Å². The molecule has 2 aromatic carbocycles. The molecule has 106 valence electrons. The quantitative estimate of drug-likeness (QED) is 0.905. The van der Waals surface area contributed by atoms with Crippen molar-refractivity contribution in [2.45, 2.75) is 13.0 Å². The molecule has 0 aliphatic heterocycles. The maximum atomic E-state index is 13.3. The van der Waals surface area contributed by atoms with E-state index in [0.717, 1.165) is 11.3 Å². The van der Waals surface area contributed by atoms with Crippen LogP contribution in [0.2, 0.25) is 0 Å². The van der Waals surface area contributed by atoms with Gasteiger partial charge in [0.1, 0.15) is 11.6 Å². The predicted octanol–water partition coefficient (Wildman–Crippen LogP) is 3.49. The first-order valence-electron chi connectivity index (χ1n) is 6.61. The number of halogens is 2. The average molecular weight is 276 g/mol. The van der Waals surface area contributed by atoms with Crippen LogP contribution in [0.1, 0.15) is 18.5 Å². The van der Waals surface area contributed by atoms with Gasteiger partial charge in [-0.05, 0) is 42.8 Å². The minimum Gasteiger partial charge on any atom is -0.370 e. The number of likely N-dealkylation sites (N-methyl/N-ethyl adjacent to an activating group) is 1. The Morgan fingerprint density at radius 2 is 1.70 bits per heavy atom. The Morgan fingerprint density at radius 1 is 1.05 bits per heavy atom. The Morgan fingerprint density at radius 3 is 2.30 bits per heavy atom. The fourth-order valence-electron chi connectivity index (χ4n) is 2.17. The van der Waals surface area contributed by atoms with E-state index in [2.05, 4.69) is 0 Å². The first kappa shape index (κ1) is 14.5. The van der Waals surface area contributed by atoms with E-state index in [4.69, 9.17) is 5.73 Å².